The van der Waals surface area contributed by atoms with Gasteiger partial charge in [0.25, 0.3) is 5.91 Å². The molecule has 1 aromatic heterocycles. The lowest BCUT2D eigenvalue weighted by Gasteiger charge is -2.36. The third-order valence-corrected chi connectivity index (χ3v) is 4.76. The number of anilines is 2. The van der Waals surface area contributed by atoms with Gasteiger partial charge in [-0.15, -0.1) is 0 Å². The summed E-state index contributed by atoms with van der Waals surface area (Å²) in [6, 6.07) is 9.10. The van der Waals surface area contributed by atoms with Crippen LogP contribution in [0, 0.1) is 0 Å². The van der Waals surface area contributed by atoms with Crippen LogP contribution in [0.1, 0.15) is 30.6 Å². The number of amides is 1. The standard InChI is InChI=1S/C21H25N3O4/c1-14-12-24(13-15(2)28-14)20-7-4-16(11-22-20)21(25)23-17-5-6-18-19(10-17)27-9-3-8-26-18/h4-7,10-11,14-15H,3,8-9,12-13H2,1-2H3,(H,23,25). The van der Waals surface area contributed by atoms with Crippen molar-refractivity contribution in [2.75, 3.05) is 36.5 Å². The average Bonchev–Trinajstić information content (AvgIpc) is 2.92. The number of carbonyl (C=O) groups excluding carboxylic acids is 1. The number of nitrogens with zero attached hydrogens (tertiary/aromatic N) is 2. The maximum Gasteiger partial charge on any atom is 0.257 e. The number of rotatable bonds is 3. The summed E-state index contributed by atoms with van der Waals surface area (Å²) >= 11 is 0. The molecule has 4 rings (SSSR count). The molecule has 0 bridgehead atoms. The minimum absolute atomic E-state index is 0.160. The smallest absolute Gasteiger partial charge is 0.257 e. The van der Waals surface area contributed by atoms with Crippen molar-refractivity contribution in [3.8, 4) is 11.5 Å². The third-order valence-electron chi connectivity index (χ3n) is 4.76. The Kier molecular flexibility index (Phi) is 5.34. The van der Waals surface area contributed by atoms with Crippen molar-refractivity contribution in [2.45, 2.75) is 32.5 Å². The van der Waals surface area contributed by atoms with Crippen LogP contribution in [0.15, 0.2) is 36.5 Å². The van der Waals surface area contributed by atoms with Crippen LogP contribution in [-0.4, -0.2) is 49.4 Å². The van der Waals surface area contributed by atoms with Crippen molar-refractivity contribution in [3.63, 3.8) is 0 Å². The fraction of sp³-hybridized carbons (Fsp3) is 0.429. The van der Waals surface area contributed by atoms with E-state index in [0.717, 1.165) is 25.3 Å². The number of aromatic nitrogens is 1. The topological polar surface area (TPSA) is 72.9 Å². The first-order valence-corrected chi connectivity index (χ1v) is 9.66. The Hall–Kier alpha value is -2.80. The summed E-state index contributed by atoms with van der Waals surface area (Å²) in [5.74, 6) is 2.00. The van der Waals surface area contributed by atoms with Crippen molar-refractivity contribution in [1.82, 2.24) is 4.98 Å². The predicted molar refractivity (Wildman–Crippen MR) is 106 cm³/mol. The first-order valence-electron chi connectivity index (χ1n) is 9.66. The summed E-state index contributed by atoms with van der Waals surface area (Å²) in [6.45, 7) is 6.94. The Morgan fingerprint density at radius 1 is 1.07 bits per heavy atom. The molecule has 2 aromatic rings. The van der Waals surface area contributed by atoms with E-state index < -0.39 is 0 Å². The number of carbonyl (C=O) groups is 1. The zero-order chi connectivity index (χ0) is 19.5. The normalized spacial score (nSPS) is 21.7. The molecule has 0 saturated carbocycles. The van der Waals surface area contributed by atoms with Gasteiger partial charge in [-0.2, -0.15) is 0 Å². The molecule has 1 N–H and O–H groups in total. The first-order chi connectivity index (χ1) is 13.6. The molecule has 7 heteroatoms. The monoisotopic (exact) mass is 383 g/mol. The van der Waals surface area contributed by atoms with Gasteiger partial charge < -0.3 is 24.4 Å². The molecule has 3 heterocycles. The number of nitrogens with one attached hydrogen (secondary N) is 1. The van der Waals surface area contributed by atoms with E-state index in [4.69, 9.17) is 14.2 Å². The third kappa shape index (κ3) is 4.20. The molecule has 1 aromatic carbocycles. The van der Waals surface area contributed by atoms with Crippen molar-refractivity contribution in [3.05, 3.63) is 42.1 Å². The molecule has 2 atom stereocenters. The molecule has 0 radical (unpaired) electrons. The van der Waals surface area contributed by atoms with E-state index in [2.05, 4.69) is 29.0 Å². The molecule has 1 amide bonds. The molecule has 1 fully saturated rings. The summed E-state index contributed by atoms with van der Waals surface area (Å²) in [5, 5.41) is 2.89. The van der Waals surface area contributed by atoms with Crippen molar-refractivity contribution in [1.29, 1.82) is 0 Å². The fourth-order valence-corrected chi connectivity index (χ4v) is 3.52. The Morgan fingerprint density at radius 2 is 1.82 bits per heavy atom. The van der Waals surface area contributed by atoms with Crippen LogP contribution in [0.5, 0.6) is 11.5 Å². The van der Waals surface area contributed by atoms with Gasteiger partial charge in [0.05, 0.1) is 31.0 Å². The van der Waals surface area contributed by atoms with Gasteiger partial charge in [0.1, 0.15) is 5.82 Å². The molecular formula is C21H25N3O4. The number of fused-ring (bicyclic) bond motifs is 1. The maximum absolute atomic E-state index is 12.6. The fourth-order valence-electron chi connectivity index (χ4n) is 3.52. The van der Waals surface area contributed by atoms with Crippen molar-refractivity contribution >= 4 is 17.4 Å². The van der Waals surface area contributed by atoms with Crippen LogP contribution in [0.2, 0.25) is 0 Å². The molecule has 2 unspecified atom stereocenters. The lowest BCUT2D eigenvalue weighted by molar-refractivity contribution is -0.00546. The number of pyridine rings is 1. The summed E-state index contributed by atoms with van der Waals surface area (Å²) in [5.41, 5.74) is 1.17. The zero-order valence-corrected chi connectivity index (χ0v) is 16.2. The van der Waals surface area contributed by atoms with Gasteiger partial charge in [0, 0.05) is 37.5 Å². The quantitative estimate of drug-likeness (QED) is 0.878. The molecular weight excluding hydrogens is 358 g/mol. The molecule has 2 aliphatic heterocycles. The molecule has 0 aliphatic carbocycles. The van der Waals surface area contributed by atoms with Gasteiger partial charge in [-0.1, -0.05) is 0 Å². The first kappa shape index (κ1) is 18.6. The Morgan fingerprint density at radius 3 is 2.54 bits per heavy atom. The van der Waals surface area contributed by atoms with Crippen LogP contribution in [0.4, 0.5) is 11.5 Å². The Bertz CT molecular complexity index is 830. The highest BCUT2D eigenvalue weighted by molar-refractivity contribution is 6.04. The summed E-state index contributed by atoms with van der Waals surface area (Å²) in [4.78, 5) is 19.3. The van der Waals surface area contributed by atoms with Crippen molar-refractivity contribution < 1.29 is 19.0 Å². The van der Waals surface area contributed by atoms with Crippen LogP contribution >= 0.6 is 0 Å². The molecule has 7 nitrogen and oxygen atoms in total. The van der Waals surface area contributed by atoms with Crippen LogP contribution < -0.4 is 19.7 Å². The number of hydrogen-bond donors (Lipinski definition) is 1. The maximum atomic E-state index is 12.6. The highest BCUT2D eigenvalue weighted by Crippen LogP contribution is 2.32. The van der Waals surface area contributed by atoms with E-state index in [-0.39, 0.29) is 18.1 Å². The van der Waals surface area contributed by atoms with Crippen LogP contribution in [0.3, 0.4) is 0 Å². The van der Waals surface area contributed by atoms with Crippen LogP contribution in [0.25, 0.3) is 0 Å². The Balaban J connectivity index is 1.43. The van der Waals surface area contributed by atoms with E-state index in [1.807, 2.05) is 18.2 Å². The second kappa shape index (κ2) is 8.06. The summed E-state index contributed by atoms with van der Waals surface area (Å²) in [7, 11) is 0. The molecule has 1 saturated heterocycles. The lowest BCUT2D eigenvalue weighted by atomic mass is 10.2. The molecule has 28 heavy (non-hydrogen) atoms. The number of morpholine rings is 1. The minimum atomic E-state index is -0.211. The van der Waals surface area contributed by atoms with Gasteiger partial charge in [0.2, 0.25) is 0 Å². The van der Waals surface area contributed by atoms with Gasteiger partial charge in [-0.05, 0) is 38.1 Å². The van der Waals surface area contributed by atoms with Gasteiger partial charge >= 0.3 is 0 Å². The predicted octanol–water partition coefficient (Wildman–Crippen LogP) is 3.11. The number of ether oxygens (including phenoxy) is 3. The number of benzene rings is 1. The van der Waals surface area contributed by atoms with E-state index in [1.54, 1.807) is 18.3 Å². The summed E-state index contributed by atoms with van der Waals surface area (Å²) < 4.78 is 17.1. The second-order valence-corrected chi connectivity index (χ2v) is 7.23. The van der Waals surface area contributed by atoms with Crippen molar-refractivity contribution in [2.24, 2.45) is 0 Å². The highest BCUT2D eigenvalue weighted by Gasteiger charge is 2.23. The zero-order valence-electron chi connectivity index (χ0n) is 16.2. The SMILES string of the molecule is CC1CN(c2ccc(C(=O)Nc3ccc4c(c3)OCCCO4)cn2)CC(C)O1. The lowest BCUT2D eigenvalue weighted by Crippen LogP contribution is -2.45. The minimum Gasteiger partial charge on any atom is -0.490 e. The second-order valence-electron chi connectivity index (χ2n) is 7.23. The number of hydrogen-bond acceptors (Lipinski definition) is 6. The highest BCUT2D eigenvalue weighted by atomic mass is 16.5. The average molecular weight is 383 g/mol. The Labute approximate surface area is 164 Å². The van der Waals surface area contributed by atoms with E-state index in [0.29, 0.717) is 36.0 Å². The van der Waals surface area contributed by atoms with E-state index in [1.165, 1.54) is 0 Å². The molecule has 2 aliphatic rings. The van der Waals surface area contributed by atoms with E-state index >= 15 is 0 Å². The summed E-state index contributed by atoms with van der Waals surface area (Å²) in [6.07, 6.45) is 2.77. The molecule has 0 spiro atoms. The van der Waals surface area contributed by atoms with Gasteiger partial charge in [-0.3, -0.25) is 4.79 Å². The largest absolute Gasteiger partial charge is 0.490 e. The molecule has 148 valence electrons. The van der Waals surface area contributed by atoms with Gasteiger partial charge in [0.15, 0.2) is 11.5 Å². The van der Waals surface area contributed by atoms with Crippen LogP contribution in [-0.2, 0) is 4.74 Å². The van der Waals surface area contributed by atoms with Gasteiger partial charge in [-0.25, -0.2) is 4.98 Å². The van der Waals surface area contributed by atoms with E-state index in [9.17, 15) is 4.79 Å².